The van der Waals surface area contributed by atoms with E-state index in [1.54, 1.807) is 7.11 Å². The van der Waals surface area contributed by atoms with Crippen LogP contribution < -0.4 is 10.1 Å². The van der Waals surface area contributed by atoms with Crippen molar-refractivity contribution < 1.29 is 19.1 Å². The number of aromatic nitrogens is 2. The van der Waals surface area contributed by atoms with E-state index >= 15 is 0 Å². The molecule has 28 heavy (non-hydrogen) atoms. The normalized spacial score (nSPS) is 10.4. The topological polar surface area (TPSA) is 90.4 Å². The standard InChI is InChI=1S/C20H25N3O4S/c1-13-17(14(2)23-20(22-13)28-4)8-9-19(25)27-12-18(24)21-11-15-6-5-7-16(10-15)26-3/h5-7,10H,8-9,11-12H2,1-4H3,(H,21,24). The smallest absolute Gasteiger partial charge is 0.306 e. The number of ether oxygens (including phenoxy) is 2. The summed E-state index contributed by atoms with van der Waals surface area (Å²) < 4.78 is 10.2. The molecule has 2 rings (SSSR count). The number of methoxy groups -OCH3 is 1. The molecule has 0 spiro atoms. The van der Waals surface area contributed by atoms with Gasteiger partial charge in [-0.3, -0.25) is 9.59 Å². The van der Waals surface area contributed by atoms with Gasteiger partial charge in [-0.05, 0) is 49.8 Å². The van der Waals surface area contributed by atoms with Crippen LogP contribution in [0.15, 0.2) is 29.4 Å². The minimum atomic E-state index is -0.427. The Morgan fingerprint density at radius 2 is 1.89 bits per heavy atom. The van der Waals surface area contributed by atoms with Gasteiger partial charge in [0.25, 0.3) is 5.91 Å². The fraction of sp³-hybridized carbons (Fsp3) is 0.400. The van der Waals surface area contributed by atoms with Crippen LogP contribution in [0.2, 0.25) is 0 Å². The number of hydrogen-bond acceptors (Lipinski definition) is 7. The SMILES string of the molecule is COc1cccc(CNC(=O)COC(=O)CCc2c(C)nc(SC)nc2C)c1. The van der Waals surface area contributed by atoms with Gasteiger partial charge in [0.05, 0.1) is 7.11 Å². The van der Waals surface area contributed by atoms with Crippen LogP contribution in [0.25, 0.3) is 0 Å². The van der Waals surface area contributed by atoms with E-state index in [2.05, 4.69) is 15.3 Å². The lowest BCUT2D eigenvalue weighted by Crippen LogP contribution is -2.28. The Hall–Kier alpha value is -2.61. The molecule has 1 aromatic carbocycles. The van der Waals surface area contributed by atoms with Gasteiger partial charge in [-0.1, -0.05) is 23.9 Å². The van der Waals surface area contributed by atoms with Crippen LogP contribution in [-0.2, 0) is 27.3 Å². The Morgan fingerprint density at radius 1 is 1.18 bits per heavy atom. The first kappa shape index (κ1) is 21.7. The number of amides is 1. The van der Waals surface area contributed by atoms with E-state index in [-0.39, 0.29) is 18.9 Å². The Bertz CT molecular complexity index is 819. The van der Waals surface area contributed by atoms with E-state index in [0.29, 0.717) is 18.1 Å². The van der Waals surface area contributed by atoms with Crippen LogP contribution in [0.1, 0.15) is 28.9 Å². The number of rotatable bonds is 9. The first-order valence-corrected chi connectivity index (χ1v) is 10.1. The Labute approximate surface area is 169 Å². The van der Waals surface area contributed by atoms with E-state index in [1.165, 1.54) is 11.8 Å². The lowest BCUT2D eigenvalue weighted by atomic mass is 10.1. The number of benzene rings is 1. The van der Waals surface area contributed by atoms with E-state index in [9.17, 15) is 9.59 Å². The highest BCUT2D eigenvalue weighted by Gasteiger charge is 2.12. The summed E-state index contributed by atoms with van der Waals surface area (Å²) in [5.41, 5.74) is 3.57. The second-order valence-corrected chi connectivity index (χ2v) is 6.92. The van der Waals surface area contributed by atoms with E-state index in [1.807, 2.05) is 44.4 Å². The van der Waals surface area contributed by atoms with Crippen molar-refractivity contribution in [1.82, 2.24) is 15.3 Å². The molecule has 0 aliphatic heterocycles. The number of hydrogen-bond donors (Lipinski definition) is 1. The van der Waals surface area contributed by atoms with Crippen LogP contribution in [0.3, 0.4) is 0 Å². The van der Waals surface area contributed by atoms with Gasteiger partial charge < -0.3 is 14.8 Å². The summed E-state index contributed by atoms with van der Waals surface area (Å²) in [6.45, 7) is 3.84. The monoisotopic (exact) mass is 403 g/mol. The molecular weight excluding hydrogens is 378 g/mol. The molecule has 0 saturated carbocycles. The summed E-state index contributed by atoms with van der Waals surface area (Å²) in [6, 6.07) is 7.39. The van der Waals surface area contributed by atoms with Crippen molar-refractivity contribution >= 4 is 23.6 Å². The third-order valence-electron chi connectivity index (χ3n) is 4.15. The third kappa shape index (κ3) is 6.53. The predicted molar refractivity (Wildman–Crippen MR) is 107 cm³/mol. The van der Waals surface area contributed by atoms with Crippen molar-refractivity contribution in [2.45, 2.75) is 38.4 Å². The molecule has 0 saturated heterocycles. The summed E-state index contributed by atoms with van der Waals surface area (Å²) in [6.07, 6.45) is 2.58. The zero-order valence-electron chi connectivity index (χ0n) is 16.6. The Kier molecular flexibility index (Phi) is 8.25. The molecule has 0 atom stereocenters. The summed E-state index contributed by atoms with van der Waals surface area (Å²) in [5, 5.41) is 3.43. The Morgan fingerprint density at radius 3 is 2.54 bits per heavy atom. The second-order valence-electron chi connectivity index (χ2n) is 6.15. The average Bonchev–Trinajstić information content (AvgIpc) is 2.70. The van der Waals surface area contributed by atoms with Crippen LogP contribution >= 0.6 is 11.8 Å². The van der Waals surface area contributed by atoms with E-state index in [0.717, 1.165) is 28.3 Å². The van der Waals surface area contributed by atoms with Crippen molar-refractivity contribution in [1.29, 1.82) is 0 Å². The summed E-state index contributed by atoms with van der Waals surface area (Å²) >= 11 is 1.48. The molecule has 2 aromatic rings. The van der Waals surface area contributed by atoms with Gasteiger partial charge in [-0.2, -0.15) is 0 Å². The van der Waals surface area contributed by atoms with Gasteiger partial charge in [0.15, 0.2) is 11.8 Å². The van der Waals surface area contributed by atoms with Crippen molar-refractivity contribution in [3.8, 4) is 5.75 Å². The third-order valence-corrected chi connectivity index (χ3v) is 4.70. The number of carbonyl (C=O) groups is 2. The maximum atomic E-state index is 12.0. The van der Waals surface area contributed by atoms with Gasteiger partial charge in [-0.25, -0.2) is 9.97 Å². The fourth-order valence-electron chi connectivity index (χ4n) is 2.64. The summed E-state index contributed by atoms with van der Waals surface area (Å²) in [5.74, 6) is -0.0567. The molecule has 0 aliphatic carbocycles. The second kappa shape index (κ2) is 10.7. The van der Waals surface area contributed by atoms with E-state index < -0.39 is 5.97 Å². The molecule has 0 unspecified atom stereocenters. The molecule has 1 aromatic heterocycles. The quantitative estimate of drug-likeness (QED) is 0.391. The lowest BCUT2D eigenvalue weighted by molar-refractivity contribution is -0.148. The van der Waals surface area contributed by atoms with Crippen molar-refractivity contribution in [3.63, 3.8) is 0 Å². The molecule has 0 fully saturated rings. The Balaban J connectivity index is 1.75. The molecule has 0 radical (unpaired) electrons. The molecule has 7 nitrogen and oxygen atoms in total. The minimum Gasteiger partial charge on any atom is -0.497 e. The molecule has 150 valence electrons. The van der Waals surface area contributed by atoms with E-state index in [4.69, 9.17) is 9.47 Å². The van der Waals surface area contributed by atoms with Gasteiger partial charge in [0, 0.05) is 24.4 Å². The van der Waals surface area contributed by atoms with Crippen molar-refractivity contribution in [2.75, 3.05) is 20.0 Å². The molecule has 8 heteroatoms. The average molecular weight is 404 g/mol. The van der Waals surface area contributed by atoms with Gasteiger partial charge >= 0.3 is 5.97 Å². The first-order chi connectivity index (χ1) is 13.4. The highest BCUT2D eigenvalue weighted by molar-refractivity contribution is 7.98. The molecule has 1 N–H and O–H groups in total. The highest BCUT2D eigenvalue weighted by Crippen LogP contribution is 2.17. The minimum absolute atomic E-state index is 0.173. The molecule has 0 bridgehead atoms. The highest BCUT2D eigenvalue weighted by atomic mass is 32.2. The largest absolute Gasteiger partial charge is 0.497 e. The summed E-state index contributed by atoms with van der Waals surface area (Å²) in [7, 11) is 1.59. The van der Waals surface area contributed by atoms with Crippen LogP contribution in [-0.4, -0.2) is 41.8 Å². The van der Waals surface area contributed by atoms with Crippen LogP contribution in [0.5, 0.6) is 5.75 Å². The first-order valence-electron chi connectivity index (χ1n) is 8.86. The molecular formula is C20H25N3O4S. The van der Waals surface area contributed by atoms with Crippen LogP contribution in [0, 0.1) is 13.8 Å². The molecule has 0 aliphatic rings. The zero-order valence-corrected chi connectivity index (χ0v) is 17.4. The maximum absolute atomic E-state index is 12.0. The maximum Gasteiger partial charge on any atom is 0.306 e. The van der Waals surface area contributed by atoms with Gasteiger partial charge in [-0.15, -0.1) is 0 Å². The number of nitrogens with one attached hydrogen (secondary N) is 1. The number of esters is 1. The number of carbonyl (C=O) groups excluding carboxylic acids is 2. The summed E-state index contributed by atoms with van der Waals surface area (Å²) in [4.78, 5) is 32.6. The molecule has 1 heterocycles. The van der Waals surface area contributed by atoms with Gasteiger partial charge in [0.1, 0.15) is 5.75 Å². The van der Waals surface area contributed by atoms with Gasteiger partial charge in [0.2, 0.25) is 0 Å². The fourth-order valence-corrected chi connectivity index (χ4v) is 3.10. The number of nitrogens with zero attached hydrogens (tertiary/aromatic N) is 2. The zero-order chi connectivity index (χ0) is 20.5. The van der Waals surface area contributed by atoms with Crippen LogP contribution in [0.4, 0.5) is 0 Å². The molecule has 1 amide bonds. The van der Waals surface area contributed by atoms with Crippen molar-refractivity contribution in [2.24, 2.45) is 0 Å². The number of aryl methyl sites for hydroxylation is 2. The predicted octanol–water partition coefficient (Wildman–Crippen LogP) is 2.62. The van der Waals surface area contributed by atoms with Crippen molar-refractivity contribution in [3.05, 3.63) is 46.8 Å². The number of thioether (sulfide) groups is 1. The lowest BCUT2D eigenvalue weighted by Gasteiger charge is -2.10.